The van der Waals surface area contributed by atoms with Crippen LogP contribution in [0, 0.1) is 13.8 Å². The first kappa shape index (κ1) is 33.9. The fraction of sp³-hybridized carbons (Fsp3) is 0.438. The van der Waals surface area contributed by atoms with E-state index in [9.17, 15) is 4.79 Å². The van der Waals surface area contributed by atoms with Gasteiger partial charge in [-0.25, -0.2) is 4.98 Å². The van der Waals surface area contributed by atoms with Crippen molar-refractivity contribution in [1.82, 2.24) is 29.2 Å². The van der Waals surface area contributed by atoms with Crippen molar-refractivity contribution >= 4 is 54.0 Å². The summed E-state index contributed by atoms with van der Waals surface area (Å²) in [6.45, 7) is 12.7. The Balaban J connectivity index is 0.00000161. The molecular weight excluding hydrogens is 591 g/mol. The minimum Gasteiger partial charge on any atom is -0.350 e. The number of hydrogen-bond acceptors (Lipinski definition) is 4. The summed E-state index contributed by atoms with van der Waals surface area (Å²) in [7, 11) is 0. The minimum atomic E-state index is 0. The molecule has 0 radical (unpaired) electrons. The molecule has 6 rings (SSSR count). The third-order valence-electron chi connectivity index (χ3n) is 8.84. The van der Waals surface area contributed by atoms with Crippen LogP contribution in [0.1, 0.15) is 51.5 Å². The Morgan fingerprint density at radius 2 is 1.55 bits per heavy atom. The quantitative estimate of drug-likeness (QED) is 0.268. The minimum absolute atomic E-state index is 0. The lowest BCUT2D eigenvalue weighted by molar-refractivity contribution is 0.0626. The maximum Gasteiger partial charge on any atom is 0.270 e. The molecule has 2 aliphatic heterocycles. The molecule has 1 amide bonds. The Hall–Kier alpha value is -2.55. The van der Waals surface area contributed by atoms with Crippen molar-refractivity contribution in [2.24, 2.45) is 0 Å². The number of fused-ring (bicyclic) bond motifs is 1. The zero-order valence-corrected chi connectivity index (χ0v) is 26.9. The molecule has 0 unspecified atom stereocenters. The molecule has 10 heteroatoms. The second kappa shape index (κ2) is 15.3. The first-order chi connectivity index (χ1) is 19.1. The second-order valence-corrected chi connectivity index (χ2v) is 11.3. The molecule has 2 aliphatic rings. The number of halogens is 3. The van der Waals surface area contributed by atoms with E-state index in [2.05, 4.69) is 74.6 Å². The SMILES string of the molecule is Cc1cccc(C)c1C1CCN(Cc2c(C(=O)N3CCN(CCn4ccnc4)CC3)[nH]c3ccccc23)CC1.Cl.Cl.Cl. The molecule has 4 heterocycles. The molecule has 4 aromatic rings. The van der Waals surface area contributed by atoms with E-state index in [0.29, 0.717) is 5.92 Å². The van der Waals surface area contributed by atoms with Crippen LogP contribution in [0.5, 0.6) is 0 Å². The number of rotatable bonds is 7. The summed E-state index contributed by atoms with van der Waals surface area (Å²) in [5, 5.41) is 1.18. The average Bonchev–Trinajstić information content (AvgIpc) is 3.61. The van der Waals surface area contributed by atoms with Crippen LogP contribution in [0.2, 0.25) is 0 Å². The number of piperidine rings is 1. The first-order valence-electron chi connectivity index (χ1n) is 14.4. The number of benzene rings is 2. The summed E-state index contributed by atoms with van der Waals surface area (Å²) >= 11 is 0. The van der Waals surface area contributed by atoms with Crippen LogP contribution < -0.4 is 0 Å². The topological polar surface area (TPSA) is 60.4 Å². The highest BCUT2D eigenvalue weighted by atomic mass is 35.5. The van der Waals surface area contributed by atoms with E-state index in [1.807, 2.05) is 29.7 Å². The van der Waals surface area contributed by atoms with Gasteiger partial charge in [0.1, 0.15) is 5.69 Å². The van der Waals surface area contributed by atoms with E-state index in [1.165, 1.54) is 29.4 Å². The number of aryl methyl sites for hydroxylation is 2. The van der Waals surface area contributed by atoms with Crippen molar-refractivity contribution in [3.63, 3.8) is 0 Å². The number of amides is 1. The van der Waals surface area contributed by atoms with E-state index < -0.39 is 0 Å². The predicted molar refractivity (Wildman–Crippen MR) is 178 cm³/mol. The van der Waals surface area contributed by atoms with Gasteiger partial charge in [-0.3, -0.25) is 14.6 Å². The maximum atomic E-state index is 13.8. The number of nitrogens with one attached hydrogen (secondary N) is 1. The van der Waals surface area contributed by atoms with Gasteiger partial charge in [0, 0.05) is 74.7 Å². The van der Waals surface area contributed by atoms with Gasteiger partial charge in [-0.15, -0.1) is 37.2 Å². The number of nitrogens with zero attached hydrogens (tertiary/aromatic N) is 5. The third kappa shape index (κ3) is 7.32. The summed E-state index contributed by atoms with van der Waals surface area (Å²) in [5.74, 6) is 0.762. The summed E-state index contributed by atoms with van der Waals surface area (Å²) in [5.41, 5.74) is 7.37. The molecule has 7 nitrogen and oxygen atoms in total. The van der Waals surface area contributed by atoms with Crippen LogP contribution in [0.15, 0.2) is 61.2 Å². The van der Waals surface area contributed by atoms with Crippen molar-refractivity contribution < 1.29 is 4.79 Å². The van der Waals surface area contributed by atoms with E-state index in [1.54, 1.807) is 5.56 Å². The van der Waals surface area contributed by atoms with Gasteiger partial charge in [0.05, 0.1) is 6.33 Å². The molecule has 2 aromatic carbocycles. The van der Waals surface area contributed by atoms with Crippen LogP contribution in [0.4, 0.5) is 0 Å². The Kier molecular flexibility index (Phi) is 12.3. The molecule has 1 N–H and O–H groups in total. The molecule has 0 aliphatic carbocycles. The summed E-state index contributed by atoms with van der Waals surface area (Å²) < 4.78 is 2.11. The van der Waals surface area contributed by atoms with Gasteiger partial charge in [-0.1, -0.05) is 36.4 Å². The van der Waals surface area contributed by atoms with Crippen molar-refractivity contribution in [3.8, 4) is 0 Å². The average molecular weight is 634 g/mol. The van der Waals surface area contributed by atoms with Crippen LogP contribution in [-0.4, -0.2) is 81.0 Å². The molecule has 0 spiro atoms. The normalized spacial score (nSPS) is 16.5. The van der Waals surface area contributed by atoms with Crippen LogP contribution in [0.25, 0.3) is 10.9 Å². The van der Waals surface area contributed by atoms with E-state index >= 15 is 0 Å². The molecule has 42 heavy (non-hydrogen) atoms. The standard InChI is InChI=1S/C32H40N6O.3ClH/c1-24-6-5-7-25(2)30(24)26-10-13-36(14-11-26)22-28-27-8-3-4-9-29(27)34-31(28)32(39)38-20-18-35(19-21-38)16-17-37-15-12-33-23-37;;;/h3-9,12,15,23,26,34H,10-11,13-14,16-22H2,1-2H3;3*1H. The van der Waals surface area contributed by atoms with Gasteiger partial charge in [-0.2, -0.15) is 0 Å². The fourth-order valence-electron chi connectivity index (χ4n) is 6.63. The van der Waals surface area contributed by atoms with E-state index in [0.717, 1.165) is 75.7 Å². The number of likely N-dealkylation sites (tertiary alicyclic amines) is 1. The number of piperazine rings is 1. The molecule has 0 atom stereocenters. The van der Waals surface area contributed by atoms with Crippen LogP contribution in [0.3, 0.4) is 0 Å². The molecule has 228 valence electrons. The smallest absolute Gasteiger partial charge is 0.270 e. The van der Waals surface area contributed by atoms with Gasteiger partial charge < -0.3 is 14.5 Å². The van der Waals surface area contributed by atoms with E-state index in [-0.39, 0.29) is 43.1 Å². The number of aromatic nitrogens is 3. The Labute approximate surface area is 267 Å². The lowest BCUT2D eigenvalue weighted by Gasteiger charge is -2.35. The lowest BCUT2D eigenvalue weighted by Crippen LogP contribution is -2.49. The number of carbonyl (C=O) groups excluding carboxylic acids is 1. The number of carbonyl (C=O) groups is 1. The summed E-state index contributed by atoms with van der Waals surface area (Å²) in [6.07, 6.45) is 8.02. The number of imidazole rings is 1. The maximum absolute atomic E-state index is 13.8. The highest BCUT2D eigenvalue weighted by Crippen LogP contribution is 2.34. The zero-order chi connectivity index (χ0) is 26.8. The zero-order valence-electron chi connectivity index (χ0n) is 24.5. The van der Waals surface area contributed by atoms with Crippen molar-refractivity contribution in [2.45, 2.75) is 45.7 Å². The fourth-order valence-corrected chi connectivity index (χ4v) is 6.63. The van der Waals surface area contributed by atoms with Crippen molar-refractivity contribution in [2.75, 3.05) is 45.8 Å². The van der Waals surface area contributed by atoms with Gasteiger partial charge in [0.25, 0.3) is 5.91 Å². The monoisotopic (exact) mass is 632 g/mol. The highest BCUT2D eigenvalue weighted by Gasteiger charge is 2.29. The number of hydrogen-bond donors (Lipinski definition) is 1. The Bertz CT molecular complexity index is 1400. The lowest BCUT2D eigenvalue weighted by atomic mass is 9.84. The summed E-state index contributed by atoms with van der Waals surface area (Å²) in [6, 6.07) is 15.1. The number of H-pyrrole nitrogens is 1. The largest absolute Gasteiger partial charge is 0.350 e. The van der Waals surface area contributed by atoms with E-state index in [4.69, 9.17) is 0 Å². The number of aromatic amines is 1. The first-order valence-corrected chi connectivity index (χ1v) is 14.4. The van der Waals surface area contributed by atoms with Crippen LogP contribution in [-0.2, 0) is 13.1 Å². The Morgan fingerprint density at radius 1 is 0.857 bits per heavy atom. The predicted octanol–water partition coefficient (Wildman–Crippen LogP) is 6.08. The van der Waals surface area contributed by atoms with Gasteiger partial charge in [0.15, 0.2) is 0 Å². The van der Waals surface area contributed by atoms with Gasteiger partial charge in [0.2, 0.25) is 0 Å². The molecular formula is C32H43Cl3N6O. The summed E-state index contributed by atoms with van der Waals surface area (Å²) in [4.78, 5) is 28.5. The third-order valence-corrected chi connectivity index (χ3v) is 8.84. The number of para-hydroxylation sites is 1. The highest BCUT2D eigenvalue weighted by molar-refractivity contribution is 6.01. The molecule has 2 aromatic heterocycles. The van der Waals surface area contributed by atoms with Gasteiger partial charge in [-0.05, 0) is 68.5 Å². The molecule has 0 bridgehead atoms. The van der Waals surface area contributed by atoms with Gasteiger partial charge >= 0.3 is 0 Å². The molecule has 2 fully saturated rings. The second-order valence-electron chi connectivity index (χ2n) is 11.3. The van der Waals surface area contributed by atoms with Crippen molar-refractivity contribution in [3.05, 3.63) is 89.1 Å². The molecule has 0 saturated carbocycles. The Morgan fingerprint density at radius 3 is 2.21 bits per heavy atom. The molecule has 2 saturated heterocycles. The van der Waals surface area contributed by atoms with Crippen molar-refractivity contribution in [1.29, 1.82) is 0 Å². The van der Waals surface area contributed by atoms with Crippen LogP contribution >= 0.6 is 37.2 Å².